The molecular formula is C22H28N2O3. The van der Waals surface area contributed by atoms with Crippen molar-refractivity contribution in [2.24, 2.45) is 0 Å². The van der Waals surface area contributed by atoms with E-state index in [9.17, 15) is 9.90 Å². The van der Waals surface area contributed by atoms with Crippen molar-refractivity contribution >= 4 is 5.91 Å². The summed E-state index contributed by atoms with van der Waals surface area (Å²) in [5.41, 5.74) is 2.12. The molecule has 0 bridgehead atoms. The van der Waals surface area contributed by atoms with Gasteiger partial charge in [0.2, 0.25) is 0 Å². The monoisotopic (exact) mass is 368 g/mol. The summed E-state index contributed by atoms with van der Waals surface area (Å²) in [6, 6.07) is 13.9. The highest BCUT2D eigenvalue weighted by molar-refractivity contribution is 5.92. The number of amides is 1. The molecule has 0 spiro atoms. The normalized spacial score (nSPS) is 21.6. The van der Waals surface area contributed by atoms with Gasteiger partial charge in [0.1, 0.15) is 5.69 Å². The van der Waals surface area contributed by atoms with E-state index >= 15 is 0 Å². The Morgan fingerprint density at radius 2 is 2.04 bits per heavy atom. The van der Waals surface area contributed by atoms with Crippen LogP contribution in [0.25, 0.3) is 0 Å². The second kappa shape index (κ2) is 8.19. The van der Waals surface area contributed by atoms with Crippen LogP contribution in [0.2, 0.25) is 0 Å². The quantitative estimate of drug-likeness (QED) is 0.821. The number of aromatic nitrogens is 1. The van der Waals surface area contributed by atoms with Gasteiger partial charge in [-0.05, 0) is 56.4 Å². The molecule has 1 aromatic heterocycles. The fraction of sp³-hybridized carbons (Fsp3) is 0.455. The molecule has 1 aliphatic rings. The van der Waals surface area contributed by atoms with Crippen LogP contribution in [-0.4, -0.2) is 34.8 Å². The summed E-state index contributed by atoms with van der Waals surface area (Å²) in [6.07, 6.45) is 4.24. The van der Waals surface area contributed by atoms with Gasteiger partial charge in [-0.3, -0.25) is 9.78 Å². The Balaban J connectivity index is 1.71. The van der Waals surface area contributed by atoms with E-state index < -0.39 is 0 Å². The Kier molecular flexibility index (Phi) is 5.92. The van der Waals surface area contributed by atoms with Crippen LogP contribution < -0.4 is 5.32 Å². The lowest BCUT2D eigenvalue weighted by Crippen LogP contribution is -2.45. The van der Waals surface area contributed by atoms with Crippen LogP contribution in [-0.2, 0) is 16.8 Å². The zero-order valence-corrected chi connectivity index (χ0v) is 16.1. The average Bonchev–Trinajstić information content (AvgIpc) is 2.68. The third-order valence-corrected chi connectivity index (χ3v) is 5.35. The first-order chi connectivity index (χ1) is 12.9. The largest absolute Gasteiger partial charge is 0.392 e. The van der Waals surface area contributed by atoms with Gasteiger partial charge in [-0.2, -0.15) is 0 Å². The SMILES string of the molecule is CC1(C)C[C@@](CCNC(=O)c2cc(CO)ccn2)(c2ccccc2)CCO1. The Morgan fingerprint density at radius 3 is 2.74 bits per heavy atom. The number of carbonyl (C=O) groups is 1. The van der Waals surface area contributed by atoms with E-state index in [-0.39, 0.29) is 23.5 Å². The molecule has 1 aliphatic heterocycles. The molecule has 1 saturated heterocycles. The number of nitrogens with zero attached hydrogens (tertiary/aromatic N) is 1. The molecule has 1 amide bonds. The van der Waals surface area contributed by atoms with E-state index in [1.165, 1.54) is 5.56 Å². The lowest BCUT2D eigenvalue weighted by molar-refractivity contribution is -0.0838. The summed E-state index contributed by atoms with van der Waals surface area (Å²) >= 11 is 0. The van der Waals surface area contributed by atoms with E-state index in [2.05, 4.69) is 48.4 Å². The number of hydrogen-bond donors (Lipinski definition) is 2. The fourth-order valence-electron chi connectivity index (χ4n) is 4.08. The average molecular weight is 368 g/mol. The third kappa shape index (κ3) is 4.73. The predicted molar refractivity (Wildman–Crippen MR) is 104 cm³/mol. The van der Waals surface area contributed by atoms with Crippen molar-refractivity contribution in [1.29, 1.82) is 0 Å². The molecule has 2 N–H and O–H groups in total. The minimum absolute atomic E-state index is 0.0172. The molecule has 1 fully saturated rings. The maximum Gasteiger partial charge on any atom is 0.269 e. The lowest BCUT2D eigenvalue weighted by Gasteiger charge is -2.45. The van der Waals surface area contributed by atoms with E-state index in [0.29, 0.717) is 17.8 Å². The van der Waals surface area contributed by atoms with Crippen molar-refractivity contribution in [2.75, 3.05) is 13.2 Å². The van der Waals surface area contributed by atoms with Gasteiger partial charge in [-0.15, -0.1) is 0 Å². The molecule has 5 heteroatoms. The zero-order chi connectivity index (χ0) is 19.3. The van der Waals surface area contributed by atoms with Crippen molar-refractivity contribution < 1.29 is 14.6 Å². The highest BCUT2D eigenvalue weighted by atomic mass is 16.5. The van der Waals surface area contributed by atoms with Crippen LogP contribution in [0.15, 0.2) is 48.7 Å². The number of benzene rings is 1. The van der Waals surface area contributed by atoms with E-state index in [4.69, 9.17) is 4.74 Å². The van der Waals surface area contributed by atoms with E-state index in [1.54, 1.807) is 18.3 Å². The smallest absolute Gasteiger partial charge is 0.269 e. The summed E-state index contributed by atoms with van der Waals surface area (Å²) < 4.78 is 5.94. The highest BCUT2D eigenvalue weighted by Gasteiger charge is 2.41. The van der Waals surface area contributed by atoms with Gasteiger partial charge in [0.25, 0.3) is 5.91 Å². The number of rotatable bonds is 6. The van der Waals surface area contributed by atoms with Crippen LogP contribution in [0.1, 0.15) is 54.7 Å². The van der Waals surface area contributed by atoms with Gasteiger partial charge < -0.3 is 15.2 Å². The van der Waals surface area contributed by atoms with Gasteiger partial charge >= 0.3 is 0 Å². The third-order valence-electron chi connectivity index (χ3n) is 5.35. The standard InChI is InChI=1S/C22H28N2O3/c1-21(2)16-22(10-13-27-21,18-6-4-3-5-7-18)9-12-24-20(26)19-14-17(15-25)8-11-23-19/h3-8,11,14,25H,9-10,12-13,15-16H2,1-2H3,(H,24,26)/t22-/m0/s1. The first kappa shape index (κ1) is 19.5. The molecule has 0 aliphatic carbocycles. The predicted octanol–water partition coefficient (Wildman–Crippen LogP) is 3.22. The van der Waals surface area contributed by atoms with Crippen LogP contribution in [0.3, 0.4) is 0 Å². The van der Waals surface area contributed by atoms with Gasteiger partial charge in [0.15, 0.2) is 0 Å². The number of hydrogen-bond acceptors (Lipinski definition) is 4. The molecule has 3 rings (SSSR count). The molecule has 0 unspecified atom stereocenters. The number of nitrogens with one attached hydrogen (secondary N) is 1. The Hall–Kier alpha value is -2.24. The van der Waals surface area contributed by atoms with Crippen LogP contribution in [0.5, 0.6) is 0 Å². The fourth-order valence-corrected chi connectivity index (χ4v) is 4.08. The van der Waals surface area contributed by atoms with Crippen molar-refractivity contribution in [3.63, 3.8) is 0 Å². The molecule has 2 aromatic rings. The second-order valence-electron chi connectivity index (χ2n) is 7.89. The number of aliphatic hydroxyl groups excluding tert-OH is 1. The number of ether oxygens (including phenoxy) is 1. The van der Waals surface area contributed by atoms with Gasteiger partial charge in [-0.1, -0.05) is 30.3 Å². The molecule has 5 nitrogen and oxygen atoms in total. The first-order valence-electron chi connectivity index (χ1n) is 9.48. The Labute approximate surface area is 160 Å². The molecule has 144 valence electrons. The number of aliphatic hydroxyl groups is 1. The second-order valence-corrected chi connectivity index (χ2v) is 7.89. The Morgan fingerprint density at radius 1 is 1.26 bits per heavy atom. The molecule has 27 heavy (non-hydrogen) atoms. The summed E-state index contributed by atoms with van der Waals surface area (Å²) in [4.78, 5) is 16.6. The molecule has 2 heterocycles. The summed E-state index contributed by atoms with van der Waals surface area (Å²) in [6.45, 7) is 5.44. The van der Waals surface area contributed by atoms with Crippen LogP contribution in [0, 0.1) is 0 Å². The number of carbonyl (C=O) groups excluding carboxylic acids is 1. The summed E-state index contributed by atoms with van der Waals surface area (Å²) in [7, 11) is 0. The van der Waals surface area contributed by atoms with Crippen molar-refractivity contribution in [3.05, 3.63) is 65.5 Å². The molecule has 1 atom stereocenters. The summed E-state index contributed by atoms with van der Waals surface area (Å²) in [5.74, 6) is -0.208. The van der Waals surface area contributed by atoms with Crippen LogP contribution >= 0.6 is 0 Å². The maximum absolute atomic E-state index is 12.4. The maximum atomic E-state index is 12.4. The molecule has 0 radical (unpaired) electrons. The van der Waals surface area contributed by atoms with E-state index in [0.717, 1.165) is 25.9 Å². The van der Waals surface area contributed by atoms with Crippen molar-refractivity contribution in [1.82, 2.24) is 10.3 Å². The zero-order valence-electron chi connectivity index (χ0n) is 16.1. The summed E-state index contributed by atoms with van der Waals surface area (Å²) in [5, 5.41) is 12.2. The highest BCUT2D eigenvalue weighted by Crippen LogP contribution is 2.43. The van der Waals surface area contributed by atoms with Crippen LogP contribution in [0.4, 0.5) is 0 Å². The molecule has 1 aromatic carbocycles. The molecule has 0 saturated carbocycles. The first-order valence-corrected chi connectivity index (χ1v) is 9.48. The van der Waals surface area contributed by atoms with Gasteiger partial charge in [0, 0.05) is 24.8 Å². The Bertz CT molecular complexity index is 776. The van der Waals surface area contributed by atoms with E-state index in [1.807, 2.05) is 6.07 Å². The topological polar surface area (TPSA) is 71.5 Å². The van der Waals surface area contributed by atoms with Crippen molar-refractivity contribution in [3.8, 4) is 0 Å². The van der Waals surface area contributed by atoms with Crippen molar-refractivity contribution in [2.45, 2.75) is 50.7 Å². The van der Waals surface area contributed by atoms with Gasteiger partial charge in [0.05, 0.1) is 12.2 Å². The molecular weight excluding hydrogens is 340 g/mol. The van der Waals surface area contributed by atoms with Gasteiger partial charge in [-0.25, -0.2) is 0 Å². The minimum atomic E-state index is -0.208. The number of pyridine rings is 1. The lowest BCUT2D eigenvalue weighted by atomic mass is 9.67. The minimum Gasteiger partial charge on any atom is -0.392 e.